The van der Waals surface area contributed by atoms with Crippen molar-refractivity contribution in [3.8, 4) is 0 Å². The topological polar surface area (TPSA) is 150 Å². The first-order valence-corrected chi connectivity index (χ1v) is 13.4. The lowest BCUT2D eigenvalue weighted by Crippen LogP contribution is -2.51. The largest absolute Gasteiger partial charge is 0.378 e. The molecule has 4 N–H and O–H groups in total. The molecule has 1 amide bonds. The fourth-order valence-corrected chi connectivity index (χ4v) is 4.71. The molecule has 2 aromatic heterocycles. The second-order valence-corrected chi connectivity index (χ2v) is 11.2. The van der Waals surface area contributed by atoms with E-state index in [1.54, 1.807) is 39.3 Å². The van der Waals surface area contributed by atoms with E-state index < -0.39 is 10.0 Å². The van der Waals surface area contributed by atoms with Crippen molar-refractivity contribution in [2.45, 2.75) is 25.9 Å². The van der Waals surface area contributed by atoms with Crippen LogP contribution < -0.4 is 25.8 Å². The Morgan fingerprint density at radius 2 is 1.94 bits per heavy atom. The van der Waals surface area contributed by atoms with Crippen molar-refractivity contribution < 1.29 is 17.9 Å². The van der Waals surface area contributed by atoms with E-state index >= 15 is 0 Å². The van der Waals surface area contributed by atoms with E-state index in [0.29, 0.717) is 47.0 Å². The molecule has 0 atom stereocenters. The summed E-state index contributed by atoms with van der Waals surface area (Å²) in [5.41, 5.74) is 2.03. The number of rotatable bonds is 9. The lowest BCUT2D eigenvalue weighted by atomic mass is 10.1. The molecular weight excluding hydrogens is 486 g/mol. The second kappa shape index (κ2) is 9.13. The molecule has 36 heavy (non-hydrogen) atoms. The number of aryl methyl sites for hydroxylation is 1. The minimum Gasteiger partial charge on any atom is -0.378 e. The summed E-state index contributed by atoms with van der Waals surface area (Å²) in [5, 5.41) is 9.20. The number of hydrogen-bond donors (Lipinski definition) is 4. The zero-order chi connectivity index (χ0) is 25.6. The number of carbonyl (C=O) groups excluding carboxylic acids is 1. The van der Waals surface area contributed by atoms with Crippen LogP contribution in [-0.2, 0) is 26.6 Å². The van der Waals surface area contributed by atoms with Crippen LogP contribution in [-0.4, -0.2) is 61.1 Å². The predicted molar refractivity (Wildman–Crippen MR) is 139 cm³/mol. The maximum atomic E-state index is 12.8. The van der Waals surface area contributed by atoms with Crippen molar-refractivity contribution in [2.24, 2.45) is 13.0 Å². The molecule has 13 heteroatoms. The molecule has 12 nitrogen and oxygen atoms in total. The van der Waals surface area contributed by atoms with Gasteiger partial charge in [0.25, 0.3) is 5.56 Å². The fourth-order valence-electron chi connectivity index (χ4n) is 4.06. The van der Waals surface area contributed by atoms with Crippen LogP contribution in [0, 0.1) is 5.92 Å². The van der Waals surface area contributed by atoms with Crippen LogP contribution in [0.3, 0.4) is 0 Å². The number of hydrogen-bond acceptors (Lipinski definition) is 8. The number of pyridine rings is 1. The first kappa shape index (κ1) is 24.1. The lowest BCUT2D eigenvalue weighted by Gasteiger charge is -2.40. The summed E-state index contributed by atoms with van der Waals surface area (Å²) in [6, 6.07) is 6.98. The van der Waals surface area contributed by atoms with Crippen LogP contribution in [0.5, 0.6) is 0 Å². The van der Waals surface area contributed by atoms with Gasteiger partial charge in [-0.1, -0.05) is 0 Å². The molecule has 5 rings (SSSR count). The highest BCUT2D eigenvalue weighted by atomic mass is 32.2. The number of benzene rings is 1. The van der Waals surface area contributed by atoms with E-state index in [-0.39, 0.29) is 29.2 Å². The summed E-state index contributed by atoms with van der Waals surface area (Å²) in [4.78, 5) is 31.7. The van der Waals surface area contributed by atoms with Gasteiger partial charge in [-0.2, -0.15) is 0 Å². The van der Waals surface area contributed by atoms with Crippen LogP contribution in [0.4, 0.5) is 28.6 Å². The van der Waals surface area contributed by atoms with E-state index in [4.69, 9.17) is 4.74 Å². The van der Waals surface area contributed by atoms with Crippen molar-refractivity contribution >= 4 is 55.5 Å². The van der Waals surface area contributed by atoms with Crippen LogP contribution in [0.1, 0.15) is 19.8 Å². The van der Waals surface area contributed by atoms with Gasteiger partial charge < -0.3 is 20.3 Å². The second-order valence-electron chi connectivity index (χ2n) is 9.14. The Morgan fingerprint density at radius 3 is 2.61 bits per heavy atom. The van der Waals surface area contributed by atoms with Gasteiger partial charge >= 0.3 is 0 Å². The van der Waals surface area contributed by atoms with E-state index in [2.05, 4.69) is 30.3 Å². The summed E-state index contributed by atoms with van der Waals surface area (Å²) in [6.07, 6.45) is 1.82. The van der Waals surface area contributed by atoms with Crippen LogP contribution in [0.25, 0.3) is 11.0 Å². The molecule has 1 aliphatic carbocycles. The Bertz CT molecular complexity index is 1490. The minimum absolute atomic E-state index is 0.0180. The van der Waals surface area contributed by atoms with E-state index in [1.807, 2.05) is 6.07 Å². The minimum atomic E-state index is -3.58. The van der Waals surface area contributed by atoms with Gasteiger partial charge in [0, 0.05) is 44.9 Å². The highest BCUT2D eigenvalue weighted by Crippen LogP contribution is 2.35. The average molecular weight is 516 g/mol. The highest BCUT2D eigenvalue weighted by Gasteiger charge is 2.30. The van der Waals surface area contributed by atoms with Gasteiger partial charge in [0.2, 0.25) is 15.9 Å². The van der Waals surface area contributed by atoms with Gasteiger partial charge in [0.15, 0.2) is 5.65 Å². The lowest BCUT2D eigenvalue weighted by molar-refractivity contribution is -0.117. The number of methoxy groups -OCH3 is 1. The molecule has 3 heterocycles. The third-order valence-electron chi connectivity index (χ3n) is 6.48. The molecule has 0 spiro atoms. The summed E-state index contributed by atoms with van der Waals surface area (Å²) in [7, 11) is -0.342. The molecule has 1 saturated heterocycles. The van der Waals surface area contributed by atoms with Crippen LogP contribution in [0.15, 0.2) is 29.1 Å². The first-order valence-electron chi connectivity index (χ1n) is 11.8. The maximum absolute atomic E-state index is 12.8. The summed E-state index contributed by atoms with van der Waals surface area (Å²) < 4.78 is 34.2. The molecular formula is C23H29N7O5S. The normalized spacial score (nSPS) is 16.1. The fraction of sp³-hybridized carbons (Fsp3) is 0.435. The highest BCUT2D eigenvalue weighted by molar-refractivity contribution is 7.92. The number of nitrogens with zero attached hydrogens (tertiary/aromatic N) is 3. The van der Waals surface area contributed by atoms with E-state index in [0.717, 1.165) is 18.5 Å². The molecule has 3 aromatic rings. The Morgan fingerprint density at radius 1 is 1.19 bits per heavy atom. The standard InChI is InChI=1S/C23H29N7O5S/c1-4-36(33,34)28-17-9-14(30-11-15(12-30)35-3)7-8-16(17)24-18-10-19(26-22(31)13-5-6-13)25-21-20(18)23(32)29(2)27-21/h7-10,13,15,28H,4-6,11-12H2,1-3H3,(H3,24,25,26,27,31). The Labute approximate surface area is 208 Å². The molecule has 0 radical (unpaired) electrons. The quantitative estimate of drug-likeness (QED) is 0.338. The smallest absolute Gasteiger partial charge is 0.277 e. The third-order valence-corrected chi connectivity index (χ3v) is 7.77. The van der Waals surface area contributed by atoms with Gasteiger partial charge in [-0.3, -0.25) is 24.1 Å². The number of ether oxygens (including phenoxy) is 1. The van der Waals surface area contributed by atoms with Crippen molar-refractivity contribution in [2.75, 3.05) is 46.2 Å². The summed E-state index contributed by atoms with van der Waals surface area (Å²) >= 11 is 0. The molecule has 1 saturated carbocycles. The van der Waals surface area contributed by atoms with Gasteiger partial charge in [0.05, 0.1) is 28.9 Å². The van der Waals surface area contributed by atoms with Crippen LogP contribution >= 0.6 is 0 Å². The van der Waals surface area contributed by atoms with Gasteiger partial charge in [-0.15, -0.1) is 0 Å². The number of aromatic nitrogens is 3. The van der Waals surface area contributed by atoms with Crippen molar-refractivity contribution in [3.05, 3.63) is 34.6 Å². The predicted octanol–water partition coefficient (Wildman–Crippen LogP) is 1.95. The number of amides is 1. The molecule has 2 aliphatic rings. The van der Waals surface area contributed by atoms with Gasteiger partial charge in [-0.05, 0) is 38.0 Å². The van der Waals surface area contributed by atoms with Crippen molar-refractivity contribution in [1.29, 1.82) is 0 Å². The number of H-pyrrole nitrogens is 1. The average Bonchev–Trinajstić information content (AvgIpc) is 3.61. The van der Waals surface area contributed by atoms with Gasteiger partial charge in [0.1, 0.15) is 11.2 Å². The van der Waals surface area contributed by atoms with E-state index in [1.165, 1.54) is 4.68 Å². The van der Waals surface area contributed by atoms with Crippen LogP contribution in [0.2, 0.25) is 0 Å². The molecule has 2 fully saturated rings. The number of carbonyl (C=O) groups is 1. The molecule has 0 unspecified atom stereocenters. The summed E-state index contributed by atoms with van der Waals surface area (Å²) in [5.74, 6) is 0.0648. The monoisotopic (exact) mass is 515 g/mol. The van der Waals surface area contributed by atoms with E-state index in [9.17, 15) is 18.0 Å². The first-order chi connectivity index (χ1) is 17.2. The number of anilines is 5. The SMILES string of the molecule is CCS(=O)(=O)Nc1cc(N2CC(OC)C2)ccc1Nc1cc(NC(=O)C2CC2)nc2[nH]n(C)c(=O)c12. The van der Waals surface area contributed by atoms with Gasteiger partial charge in [-0.25, -0.2) is 13.4 Å². The Hall–Kier alpha value is -3.58. The Kier molecular flexibility index (Phi) is 6.12. The Balaban J connectivity index is 1.54. The molecule has 0 bridgehead atoms. The summed E-state index contributed by atoms with van der Waals surface area (Å²) in [6.45, 7) is 2.97. The maximum Gasteiger partial charge on any atom is 0.277 e. The number of aromatic amines is 1. The molecule has 1 aliphatic heterocycles. The van der Waals surface area contributed by atoms with Crippen molar-refractivity contribution in [1.82, 2.24) is 14.8 Å². The number of nitrogens with one attached hydrogen (secondary N) is 4. The number of fused-ring (bicyclic) bond motifs is 1. The molecule has 1 aromatic carbocycles. The number of sulfonamides is 1. The third kappa shape index (κ3) is 4.75. The van der Waals surface area contributed by atoms with Crippen molar-refractivity contribution in [3.63, 3.8) is 0 Å². The zero-order valence-electron chi connectivity index (χ0n) is 20.3. The zero-order valence-corrected chi connectivity index (χ0v) is 21.1. The molecule has 192 valence electrons.